The van der Waals surface area contributed by atoms with Crippen molar-refractivity contribution >= 4 is 10.2 Å². The van der Waals surface area contributed by atoms with Gasteiger partial charge in [-0.2, -0.15) is 17.0 Å². The molecule has 102 valence electrons. The van der Waals surface area contributed by atoms with Crippen LogP contribution in [0.3, 0.4) is 0 Å². The standard InChI is InChI=1S/C11H25N3O2S/c1-4-14(17(15,16)13(2)3)11-8-6-5-7-10(11)9-12/h10-11H,4-9,12H2,1-3H3. The lowest BCUT2D eigenvalue weighted by Crippen LogP contribution is -2.51. The summed E-state index contributed by atoms with van der Waals surface area (Å²) in [6.07, 6.45) is 4.24. The van der Waals surface area contributed by atoms with E-state index in [2.05, 4.69) is 0 Å². The summed E-state index contributed by atoms with van der Waals surface area (Å²) in [6.45, 7) is 2.98. The van der Waals surface area contributed by atoms with Gasteiger partial charge in [-0.05, 0) is 25.3 Å². The van der Waals surface area contributed by atoms with Crippen molar-refractivity contribution in [1.82, 2.24) is 8.61 Å². The number of nitrogens with zero attached hydrogens (tertiary/aromatic N) is 2. The molecule has 1 aliphatic rings. The van der Waals surface area contributed by atoms with E-state index in [1.807, 2.05) is 6.92 Å². The molecule has 0 bridgehead atoms. The fourth-order valence-electron chi connectivity index (χ4n) is 2.62. The summed E-state index contributed by atoms with van der Waals surface area (Å²) >= 11 is 0. The first-order chi connectivity index (χ1) is 7.95. The molecule has 0 amide bonds. The van der Waals surface area contributed by atoms with Crippen LogP contribution in [0.25, 0.3) is 0 Å². The summed E-state index contributed by atoms with van der Waals surface area (Å²) in [5.74, 6) is 0.304. The van der Waals surface area contributed by atoms with E-state index in [4.69, 9.17) is 5.73 Å². The molecule has 0 radical (unpaired) electrons. The Hall–Kier alpha value is -0.170. The largest absolute Gasteiger partial charge is 0.330 e. The van der Waals surface area contributed by atoms with E-state index in [0.717, 1.165) is 25.7 Å². The Labute approximate surface area is 105 Å². The van der Waals surface area contributed by atoms with Crippen molar-refractivity contribution in [3.05, 3.63) is 0 Å². The lowest BCUT2D eigenvalue weighted by atomic mass is 9.84. The molecule has 5 nitrogen and oxygen atoms in total. The van der Waals surface area contributed by atoms with Crippen molar-refractivity contribution in [3.8, 4) is 0 Å². The minimum Gasteiger partial charge on any atom is -0.330 e. The van der Waals surface area contributed by atoms with Gasteiger partial charge in [0.05, 0.1) is 0 Å². The van der Waals surface area contributed by atoms with Gasteiger partial charge >= 0.3 is 0 Å². The minimum absolute atomic E-state index is 0.0751. The van der Waals surface area contributed by atoms with Crippen molar-refractivity contribution in [2.45, 2.75) is 38.6 Å². The normalized spacial score (nSPS) is 26.7. The molecule has 17 heavy (non-hydrogen) atoms. The van der Waals surface area contributed by atoms with Gasteiger partial charge in [-0.15, -0.1) is 0 Å². The Morgan fingerprint density at radius 1 is 1.24 bits per heavy atom. The zero-order valence-corrected chi connectivity index (χ0v) is 11.9. The first-order valence-electron chi connectivity index (χ1n) is 6.34. The maximum absolute atomic E-state index is 12.2. The molecule has 1 aliphatic carbocycles. The maximum Gasteiger partial charge on any atom is 0.281 e. The lowest BCUT2D eigenvalue weighted by molar-refractivity contribution is 0.181. The first kappa shape index (κ1) is 14.9. The first-order valence-corrected chi connectivity index (χ1v) is 7.74. The van der Waals surface area contributed by atoms with Crippen LogP contribution in [0.1, 0.15) is 32.6 Å². The molecule has 1 saturated carbocycles. The summed E-state index contributed by atoms with van der Waals surface area (Å²) in [6, 6.07) is 0.0751. The van der Waals surface area contributed by atoms with Crippen LogP contribution in [-0.2, 0) is 10.2 Å². The van der Waals surface area contributed by atoms with Crippen LogP contribution in [0.15, 0.2) is 0 Å². The lowest BCUT2D eigenvalue weighted by Gasteiger charge is -2.39. The van der Waals surface area contributed by atoms with Crippen molar-refractivity contribution in [2.24, 2.45) is 11.7 Å². The zero-order chi connectivity index (χ0) is 13.1. The zero-order valence-electron chi connectivity index (χ0n) is 11.1. The Morgan fingerprint density at radius 3 is 2.29 bits per heavy atom. The second-order valence-electron chi connectivity index (χ2n) is 4.84. The van der Waals surface area contributed by atoms with Gasteiger partial charge in [-0.3, -0.25) is 0 Å². The third-order valence-electron chi connectivity index (χ3n) is 3.61. The highest BCUT2D eigenvalue weighted by molar-refractivity contribution is 7.86. The third kappa shape index (κ3) is 3.19. The topological polar surface area (TPSA) is 66.6 Å². The Balaban J connectivity index is 2.92. The van der Waals surface area contributed by atoms with Crippen LogP contribution in [0.5, 0.6) is 0 Å². The molecule has 0 saturated heterocycles. The molecule has 1 rings (SSSR count). The van der Waals surface area contributed by atoms with E-state index >= 15 is 0 Å². The van der Waals surface area contributed by atoms with Gasteiger partial charge < -0.3 is 5.73 Å². The second-order valence-corrected chi connectivity index (χ2v) is 6.94. The number of rotatable bonds is 5. The molecular formula is C11H25N3O2S. The quantitative estimate of drug-likeness (QED) is 0.791. The van der Waals surface area contributed by atoms with Gasteiger partial charge in [0.15, 0.2) is 0 Å². The molecule has 0 aliphatic heterocycles. The highest BCUT2D eigenvalue weighted by atomic mass is 32.2. The monoisotopic (exact) mass is 263 g/mol. The van der Waals surface area contributed by atoms with Crippen molar-refractivity contribution < 1.29 is 8.42 Å². The van der Waals surface area contributed by atoms with Gasteiger partial charge in [0.2, 0.25) is 0 Å². The van der Waals surface area contributed by atoms with Gasteiger partial charge in [-0.25, -0.2) is 0 Å². The van der Waals surface area contributed by atoms with E-state index in [9.17, 15) is 8.42 Å². The summed E-state index contributed by atoms with van der Waals surface area (Å²) in [7, 11) is -0.157. The number of hydrogen-bond acceptors (Lipinski definition) is 3. The van der Waals surface area contributed by atoms with Crippen molar-refractivity contribution in [1.29, 1.82) is 0 Å². The fourth-order valence-corrected chi connectivity index (χ4v) is 3.99. The van der Waals surface area contributed by atoms with Gasteiger partial charge in [-0.1, -0.05) is 19.8 Å². The summed E-state index contributed by atoms with van der Waals surface area (Å²) in [5, 5.41) is 0. The van der Waals surface area contributed by atoms with Gasteiger partial charge in [0.25, 0.3) is 10.2 Å². The molecule has 2 N–H and O–H groups in total. The smallest absolute Gasteiger partial charge is 0.281 e. The van der Waals surface area contributed by atoms with Crippen LogP contribution < -0.4 is 5.73 Å². The second kappa shape index (κ2) is 6.13. The molecule has 0 aromatic heterocycles. The van der Waals surface area contributed by atoms with Gasteiger partial charge in [0.1, 0.15) is 0 Å². The van der Waals surface area contributed by atoms with E-state index in [0.29, 0.717) is 19.0 Å². The number of nitrogens with two attached hydrogens (primary N) is 1. The molecule has 0 heterocycles. The highest BCUT2D eigenvalue weighted by Gasteiger charge is 2.36. The molecule has 0 spiro atoms. The summed E-state index contributed by atoms with van der Waals surface area (Å²) in [5.41, 5.74) is 5.77. The van der Waals surface area contributed by atoms with Crippen molar-refractivity contribution in [2.75, 3.05) is 27.2 Å². The van der Waals surface area contributed by atoms with E-state index in [1.165, 1.54) is 4.31 Å². The molecule has 0 aromatic rings. The van der Waals surface area contributed by atoms with Crippen molar-refractivity contribution in [3.63, 3.8) is 0 Å². The van der Waals surface area contributed by atoms with E-state index < -0.39 is 10.2 Å². The maximum atomic E-state index is 12.2. The summed E-state index contributed by atoms with van der Waals surface area (Å²) in [4.78, 5) is 0. The third-order valence-corrected chi connectivity index (χ3v) is 5.66. The molecular weight excluding hydrogens is 238 g/mol. The summed E-state index contributed by atoms with van der Waals surface area (Å²) < 4.78 is 27.4. The molecule has 0 aromatic carbocycles. The van der Waals surface area contributed by atoms with Crippen LogP contribution in [-0.4, -0.2) is 50.3 Å². The molecule has 6 heteroatoms. The average Bonchev–Trinajstić information content (AvgIpc) is 2.30. The molecule has 1 fully saturated rings. The van der Waals surface area contributed by atoms with Crippen LogP contribution in [0.4, 0.5) is 0 Å². The SMILES string of the molecule is CCN(C1CCCCC1CN)S(=O)(=O)N(C)C. The number of hydrogen-bond donors (Lipinski definition) is 1. The van der Waals surface area contributed by atoms with Gasteiger partial charge in [0, 0.05) is 26.7 Å². The van der Waals surface area contributed by atoms with Crippen LogP contribution in [0.2, 0.25) is 0 Å². The van der Waals surface area contributed by atoms with Crippen LogP contribution in [0, 0.1) is 5.92 Å². The Kier molecular flexibility index (Phi) is 5.37. The Morgan fingerprint density at radius 2 is 1.82 bits per heavy atom. The van der Waals surface area contributed by atoms with Crippen LogP contribution >= 0.6 is 0 Å². The van der Waals surface area contributed by atoms with E-state index in [-0.39, 0.29) is 6.04 Å². The predicted molar refractivity (Wildman–Crippen MR) is 69.8 cm³/mol. The Bertz CT molecular complexity index is 330. The predicted octanol–water partition coefficient (Wildman–Crippen LogP) is 0.632. The highest BCUT2D eigenvalue weighted by Crippen LogP contribution is 2.29. The molecule has 2 atom stereocenters. The molecule has 2 unspecified atom stereocenters. The fraction of sp³-hybridized carbons (Fsp3) is 1.00. The minimum atomic E-state index is -3.32. The van der Waals surface area contributed by atoms with E-state index in [1.54, 1.807) is 18.4 Å². The average molecular weight is 263 g/mol.